The van der Waals surface area contributed by atoms with Crippen LogP contribution in [0, 0.1) is 0 Å². The van der Waals surface area contributed by atoms with Crippen LogP contribution in [0.5, 0.6) is 0 Å². The molecule has 3 rings (SSSR count). The molecule has 126 valence electrons. The second-order valence-electron chi connectivity index (χ2n) is 6.22. The number of nitrogens with two attached hydrogens (primary N) is 1. The first-order valence-electron chi connectivity index (χ1n) is 8.54. The number of rotatable bonds is 5. The highest BCUT2D eigenvalue weighted by atomic mass is 16.1. The van der Waals surface area contributed by atoms with E-state index in [9.17, 15) is 4.79 Å². The number of nitrogens with zero attached hydrogens (tertiary/aromatic N) is 2. The van der Waals surface area contributed by atoms with Crippen LogP contribution in [0.4, 0.5) is 11.5 Å². The first-order valence-corrected chi connectivity index (χ1v) is 8.54. The van der Waals surface area contributed by atoms with Gasteiger partial charge in [-0.25, -0.2) is 4.98 Å². The van der Waals surface area contributed by atoms with Gasteiger partial charge in [0.05, 0.1) is 11.9 Å². The lowest BCUT2D eigenvalue weighted by atomic mass is 10.0. The molecule has 1 aliphatic heterocycles. The Kier molecular flexibility index (Phi) is 5.43. The first-order chi connectivity index (χ1) is 11.7. The molecule has 1 unspecified atom stereocenters. The molecule has 5 heteroatoms. The quantitative estimate of drug-likeness (QED) is 0.886. The normalized spacial score (nSPS) is 15.8. The van der Waals surface area contributed by atoms with E-state index in [4.69, 9.17) is 5.73 Å². The summed E-state index contributed by atoms with van der Waals surface area (Å²) >= 11 is 0. The lowest BCUT2D eigenvalue weighted by Crippen LogP contribution is -2.29. The largest absolute Gasteiger partial charge is 0.370 e. The van der Waals surface area contributed by atoms with Gasteiger partial charge in [0.2, 0.25) is 5.91 Å². The summed E-state index contributed by atoms with van der Waals surface area (Å²) in [7, 11) is 0. The standard InChI is InChI=1S/C19H24N4O/c20-17(15-7-3-1-4-8-15)13-19(24)22-18-10-9-16(14-21-18)23-11-5-2-6-12-23/h1,3-4,7-10,14,17H,2,5-6,11-13,20H2,(H,21,22,24). The molecule has 0 bridgehead atoms. The fourth-order valence-electron chi connectivity index (χ4n) is 3.01. The van der Waals surface area contributed by atoms with Gasteiger partial charge in [-0.1, -0.05) is 30.3 Å². The van der Waals surface area contributed by atoms with Crippen LogP contribution in [-0.4, -0.2) is 24.0 Å². The van der Waals surface area contributed by atoms with Crippen LogP contribution in [0.2, 0.25) is 0 Å². The van der Waals surface area contributed by atoms with Gasteiger partial charge < -0.3 is 16.0 Å². The van der Waals surface area contributed by atoms with Crippen molar-refractivity contribution in [3.05, 3.63) is 54.2 Å². The average Bonchev–Trinajstić information content (AvgIpc) is 2.64. The second-order valence-corrected chi connectivity index (χ2v) is 6.22. The Morgan fingerprint density at radius 1 is 1.12 bits per heavy atom. The SMILES string of the molecule is NC(CC(=O)Nc1ccc(N2CCCCC2)cn1)c1ccccc1. The highest BCUT2D eigenvalue weighted by Crippen LogP contribution is 2.20. The molecule has 2 heterocycles. The van der Waals surface area contributed by atoms with Crippen molar-refractivity contribution in [3.8, 4) is 0 Å². The first kappa shape index (κ1) is 16.5. The minimum Gasteiger partial charge on any atom is -0.370 e. The molecule has 1 aliphatic rings. The van der Waals surface area contributed by atoms with Crippen molar-refractivity contribution < 1.29 is 4.79 Å². The highest BCUT2D eigenvalue weighted by Gasteiger charge is 2.13. The minimum atomic E-state index is -0.307. The molecule has 0 radical (unpaired) electrons. The maximum Gasteiger partial charge on any atom is 0.227 e. The minimum absolute atomic E-state index is 0.121. The number of carbonyl (C=O) groups is 1. The van der Waals surface area contributed by atoms with E-state index in [1.54, 1.807) is 0 Å². The number of amides is 1. The van der Waals surface area contributed by atoms with Gasteiger partial charge >= 0.3 is 0 Å². The fourth-order valence-corrected chi connectivity index (χ4v) is 3.01. The van der Waals surface area contributed by atoms with Gasteiger partial charge in [-0.3, -0.25) is 4.79 Å². The Bertz CT molecular complexity index is 651. The van der Waals surface area contributed by atoms with Gasteiger partial charge in [0.1, 0.15) is 5.82 Å². The van der Waals surface area contributed by atoms with Gasteiger partial charge in [0.15, 0.2) is 0 Å². The lowest BCUT2D eigenvalue weighted by molar-refractivity contribution is -0.116. The number of hydrogen-bond acceptors (Lipinski definition) is 4. The monoisotopic (exact) mass is 324 g/mol. The van der Waals surface area contributed by atoms with E-state index in [1.807, 2.05) is 48.7 Å². The molecule has 1 aromatic carbocycles. The Labute approximate surface area is 142 Å². The summed E-state index contributed by atoms with van der Waals surface area (Å²) in [4.78, 5) is 18.8. The zero-order valence-corrected chi connectivity index (χ0v) is 13.8. The summed E-state index contributed by atoms with van der Waals surface area (Å²) < 4.78 is 0. The molecular formula is C19H24N4O. The molecule has 0 saturated carbocycles. The number of anilines is 2. The molecule has 3 N–H and O–H groups in total. The Morgan fingerprint density at radius 3 is 2.54 bits per heavy atom. The predicted octanol–water partition coefficient (Wildman–Crippen LogP) is 3.10. The van der Waals surface area contributed by atoms with E-state index >= 15 is 0 Å². The number of pyridine rings is 1. The number of nitrogens with one attached hydrogen (secondary N) is 1. The summed E-state index contributed by atoms with van der Waals surface area (Å²) in [5, 5.41) is 2.82. The van der Waals surface area contributed by atoms with E-state index in [0.29, 0.717) is 5.82 Å². The molecule has 1 aromatic heterocycles. The topological polar surface area (TPSA) is 71.2 Å². The summed E-state index contributed by atoms with van der Waals surface area (Å²) in [6.45, 7) is 2.17. The maximum absolute atomic E-state index is 12.1. The third-order valence-electron chi connectivity index (χ3n) is 4.37. The van der Waals surface area contributed by atoms with Gasteiger partial charge in [-0.05, 0) is 37.0 Å². The van der Waals surface area contributed by atoms with Crippen molar-refractivity contribution in [2.45, 2.75) is 31.7 Å². The summed E-state index contributed by atoms with van der Waals surface area (Å²) in [5.74, 6) is 0.450. The number of benzene rings is 1. The number of carbonyl (C=O) groups excluding carboxylic acids is 1. The maximum atomic E-state index is 12.1. The molecule has 24 heavy (non-hydrogen) atoms. The van der Waals surface area contributed by atoms with Crippen molar-refractivity contribution in [1.29, 1.82) is 0 Å². The molecule has 0 aliphatic carbocycles. The molecule has 0 spiro atoms. The predicted molar refractivity (Wildman–Crippen MR) is 96.9 cm³/mol. The molecule has 2 aromatic rings. The Hall–Kier alpha value is -2.40. The molecule has 1 atom stereocenters. The van der Waals surface area contributed by atoms with E-state index < -0.39 is 0 Å². The highest BCUT2D eigenvalue weighted by molar-refractivity contribution is 5.90. The van der Waals surface area contributed by atoms with Crippen molar-refractivity contribution in [3.63, 3.8) is 0 Å². The van der Waals surface area contributed by atoms with Crippen LogP contribution in [0.3, 0.4) is 0 Å². The third kappa shape index (κ3) is 4.32. The summed E-state index contributed by atoms with van der Waals surface area (Å²) in [5.41, 5.74) is 8.16. The average molecular weight is 324 g/mol. The zero-order valence-electron chi connectivity index (χ0n) is 13.8. The molecule has 1 saturated heterocycles. The van der Waals surface area contributed by atoms with E-state index in [-0.39, 0.29) is 18.4 Å². The van der Waals surface area contributed by atoms with Gasteiger partial charge in [0.25, 0.3) is 0 Å². The molecular weight excluding hydrogens is 300 g/mol. The van der Waals surface area contributed by atoms with Crippen LogP contribution in [-0.2, 0) is 4.79 Å². The van der Waals surface area contributed by atoms with Crippen molar-refractivity contribution in [1.82, 2.24) is 4.98 Å². The van der Waals surface area contributed by atoms with Crippen LogP contribution in [0.1, 0.15) is 37.3 Å². The fraction of sp³-hybridized carbons (Fsp3) is 0.368. The summed E-state index contributed by atoms with van der Waals surface area (Å²) in [6, 6.07) is 13.2. The summed E-state index contributed by atoms with van der Waals surface area (Å²) in [6.07, 6.45) is 5.84. The van der Waals surface area contributed by atoms with Gasteiger partial charge in [0, 0.05) is 25.6 Å². The Balaban J connectivity index is 1.54. The van der Waals surface area contributed by atoms with Crippen molar-refractivity contribution in [2.75, 3.05) is 23.3 Å². The van der Waals surface area contributed by atoms with Crippen LogP contribution in [0.15, 0.2) is 48.7 Å². The number of piperidine rings is 1. The van der Waals surface area contributed by atoms with Crippen molar-refractivity contribution in [2.24, 2.45) is 5.73 Å². The Morgan fingerprint density at radius 2 is 1.88 bits per heavy atom. The lowest BCUT2D eigenvalue weighted by Gasteiger charge is -2.28. The smallest absolute Gasteiger partial charge is 0.227 e. The van der Waals surface area contributed by atoms with Gasteiger partial charge in [-0.15, -0.1) is 0 Å². The molecule has 1 fully saturated rings. The number of aromatic nitrogens is 1. The molecule has 5 nitrogen and oxygen atoms in total. The molecule has 1 amide bonds. The van der Waals surface area contributed by atoms with Gasteiger partial charge in [-0.2, -0.15) is 0 Å². The van der Waals surface area contributed by atoms with Crippen LogP contribution in [0.25, 0.3) is 0 Å². The second kappa shape index (κ2) is 7.93. The van der Waals surface area contributed by atoms with Crippen LogP contribution >= 0.6 is 0 Å². The van der Waals surface area contributed by atoms with Crippen LogP contribution < -0.4 is 16.0 Å². The van der Waals surface area contributed by atoms with E-state index in [0.717, 1.165) is 24.3 Å². The number of hydrogen-bond donors (Lipinski definition) is 2. The van der Waals surface area contributed by atoms with E-state index in [2.05, 4.69) is 15.2 Å². The van der Waals surface area contributed by atoms with E-state index in [1.165, 1.54) is 19.3 Å². The zero-order chi connectivity index (χ0) is 16.8. The third-order valence-corrected chi connectivity index (χ3v) is 4.37. The van der Waals surface area contributed by atoms with Crippen molar-refractivity contribution >= 4 is 17.4 Å².